The number of halogens is 2. The van der Waals surface area contributed by atoms with Gasteiger partial charge in [0.25, 0.3) is 0 Å². The molecule has 0 aliphatic rings. The molecule has 0 N–H and O–H groups in total. The van der Waals surface area contributed by atoms with Crippen molar-refractivity contribution in [3.8, 4) is 5.75 Å². The van der Waals surface area contributed by atoms with Gasteiger partial charge in [0, 0.05) is 13.6 Å². The van der Waals surface area contributed by atoms with Gasteiger partial charge in [0.15, 0.2) is 5.78 Å². The first-order valence-electron chi connectivity index (χ1n) is 5.67. The quantitative estimate of drug-likeness (QED) is 0.525. The predicted molar refractivity (Wildman–Crippen MR) is 88.0 cm³/mol. The second-order valence-corrected chi connectivity index (χ2v) is 6.24. The zero-order valence-corrected chi connectivity index (χ0v) is 14.3. The second kappa shape index (κ2) is 6.05. The van der Waals surface area contributed by atoms with Gasteiger partial charge in [-0.25, -0.2) is 0 Å². The lowest BCUT2D eigenvalue weighted by molar-refractivity contribution is 0.103. The first-order chi connectivity index (χ1) is 9.02. The van der Waals surface area contributed by atoms with Gasteiger partial charge >= 0.3 is 0 Å². The lowest BCUT2D eigenvalue weighted by Crippen LogP contribution is -2.04. The minimum Gasteiger partial charge on any atom is -0.496 e. The molecule has 0 spiro atoms. The third-order valence-corrected chi connectivity index (χ3v) is 4.37. The fraction of sp³-hybridized carbons (Fsp3) is 0.133. The van der Waals surface area contributed by atoms with Gasteiger partial charge < -0.3 is 4.74 Å². The fourth-order valence-electron chi connectivity index (χ4n) is 1.75. The number of hydrogen-bond acceptors (Lipinski definition) is 2. The average molecular weight is 431 g/mol. The first kappa shape index (κ1) is 14.5. The van der Waals surface area contributed by atoms with E-state index in [-0.39, 0.29) is 5.78 Å². The van der Waals surface area contributed by atoms with Crippen LogP contribution >= 0.6 is 38.5 Å². The highest BCUT2D eigenvalue weighted by atomic mass is 127. The Hall–Kier alpha value is -0.880. The number of methoxy groups -OCH3 is 1. The Morgan fingerprint density at radius 1 is 1.21 bits per heavy atom. The maximum Gasteiger partial charge on any atom is 0.196 e. The van der Waals surface area contributed by atoms with Gasteiger partial charge in [-0.1, -0.05) is 28.1 Å². The largest absolute Gasteiger partial charge is 0.496 e. The molecule has 0 amide bonds. The van der Waals surface area contributed by atoms with Gasteiger partial charge in [0.05, 0.1) is 12.7 Å². The summed E-state index contributed by atoms with van der Waals surface area (Å²) in [5, 5.41) is 0. The van der Waals surface area contributed by atoms with E-state index >= 15 is 0 Å². The van der Waals surface area contributed by atoms with E-state index in [0.717, 1.165) is 13.6 Å². The molecule has 2 aromatic carbocycles. The molecule has 0 bridgehead atoms. The van der Waals surface area contributed by atoms with E-state index in [1.54, 1.807) is 7.11 Å². The lowest BCUT2D eigenvalue weighted by atomic mass is 10.0. The summed E-state index contributed by atoms with van der Waals surface area (Å²) < 4.78 is 7.20. The Balaban J connectivity index is 2.49. The lowest BCUT2D eigenvalue weighted by Gasteiger charge is -2.09. The Kier molecular flexibility index (Phi) is 4.62. The molecule has 0 saturated carbocycles. The van der Waals surface area contributed by atoms with E-state index in [9.17, 15) is 4.79 Å². The highest BCUT2D eigenvalue weighted by Gasteiger charge is 2.15. The molecule has 0 radical (unpaired) electrons. The molecule has 0 saturated heterocycles. The summed E-state index contributed by atoms with van der Waals surface area (Å²) in [6.45, 7) is 1.99. The van der Waals surface area contributed by atoms with Crippen molar-refractivity contribution in [2.24, 2.45) is 0 Å². The fourth-order valence-corrected chi connectivity index (χ4v) is 2.62. The Labute approximate surface area is 134 Å². The van der Waals surface area contributed by atoms with Gasteiger partial charge in [-0.2, -0.15) is 0 Å². The molecule has 0 aliphatic heterocycles. The molecule has 2 nitrogen and oxygen atoms in total. The van der Waals surface area contributed by atoms with Crippen molar-refractivity contribution in [2.75, 3.05) is 7.11 Å². The summed E-state index contributed by atoms with van der Waals surface area (Å²) in [6.07, 6.45) is 0. The van der Waals surface area contributed by atoms with Gasteiger partial charge in [0.1, 0.15) is 5.75 Å². The minimum absolute atomic E-state index is 0.0314. The number of ether oxygens (including phenoxy) is 1. The molecule has 0 aromatic heterocycles. The minimum atomic E-state index is -0.0314. The Morgan fingerprint density at radius 2 is 1.95 bits per heavy atom. The van der Waals surface area contributed by atoms with Crippen molar-refractivity contribution in [3.63, 3.8) is 0 Å². The molecular formula is C15H12BrIO2. The van der Waals surface area contributed by atoms with Crippen molar-refractivity contribution >= 4 is 44.3 Å². The highest BCUT2D eigenvalue weighted by Crippen LogP contribution is 2.26. The molecule has 0 unspecified atom stereocenters. The topological polar surface area (TPSA) is 26.3 Å². The molecule has 2 rings (SSSR count). The van der Waals surface area contributed by atoms with Crippen molar-refractivity contribution in [3.05, 3.63) is 61.1 Å². The Bertz CT molecular complexity index is 638. The molecule has 0 heterocycles. The maximum atomic E-state index is 12.5. The molecule has 98 valence electrons. The van der Waals surface area contributed by atoms with Crippen LogP contribution in [0.5, 0.6) is 5.75 Å². The van der Waals surface area contributed by atoms with E-state index in [0.29, 0.717) is 16.9 Å². The average Bonchev–Trinajstić information content (AvgIpc) is 2.41. The number of ketones is 1. The summed E-state index contributed by atoms with van der Waals surface area (Å²) in [6, 6.07) is 11.2. The van der Waals surface area contributed by atoms with E-state index in [1.807, 2.05) is 43.3 Å². The van der Waals surface area contributed by atoms with Crippen LogP contribution in [-0.2, 0) is 0 Å². The van der Waals surface area contributed by atoms with Crippen LogP contribution in [0.25, 0.3) is 0 Å². The standard InChI is InChI=1S/C15H12BrIO2/c1-9-3-4-10(7-13(9)16)15(18)12-8-11(17)5-6-14(12)19-2/h3-8H,1-2H3. The van der Waals surface area contributed by atoms with Crippen LogP contribution < -0.4 is 4.74 Å². The summed E-state index contributed by atoms with van der Waals surface area (Å²) >= 11 is 5.64. The van der Waals surface area contributed by atoms with E-state index in [4.69, 9.17) is 4.74 Å². The molecule has 2 aromatic rings. The molecule has 4 heteroatoms. The molecular weight excluding hydrogens is 419 g/mol. The molecule has 0 atom stereocenters. The van der Waals surface area contributed by atoms with Crippen molar-refractivity contribution in [1.29, 1.82) is 0 Å². The van der Waals surface area contributed by atoms with Crippen LogP contribution in [0.3, 0.4) is 0 Å². The van der Waals surface area contributed by atoms with Gasteiger partial charge in [0.2, 0.25) is 0 Å². The van der Waals surface area contributed by atoms with Crippen molar-refractivity contribution < 1.29 is 9.53 Å². The van der Waals surface area contributed by atoms with Gasteiger partial charge in [-0.05, 0) is 59.3 Å². The van der Waals surface area contributed by atoms with Crippen molar-refractivity contribution in [1.82, 2.24) is 0 Å². The predicted octanol–water partition coefficient (Wildman–Crippen LogP) is 4.60. The SMILES string of the molecule is COc1ccc(I)cc1C(=O)c1ccc(C)c(Br)c1. The molecule has 19 heavy (non-hydrogen) atoms. The van der Waals surface area contributed by atoms with Crippen LogP contribution in [0.4, 0.5) is 0 Å². The van der Waals surface area contributed by atoms with E-state index in [2.05, 4.69) is 38.5 Å². The van der Waals surface area contributed by atoms with E-state index in [1.165, 1.54) is 0 Å². The summed E-state index contributed by atoms with van der Waals surface area (Å²) in [5.74, 6) is 0.568. The smallest absolute Gasteiger partial charge is 0.196 e. The number of carbonyl (C=O) groups is 1. The second-order valence-electron chi connectivity index (χ2n) is 4.14. The highest BCUT2D eigenvalue weighted by molar-refractivity contribution is 14.1. The zero-order chi connectivity index (χ0) is 14.0. The zero-order valence-electron chi connectivity index (χ0n) is 10.5. The van der Waals surface area contributed by atoms with Crippen LogP contribution in [0.1, 0.15) is 21.5 Å². The number of benzene rings is 2. The monoisotopic (exact) mass is 430 g/mol. The molecule has 0 aliphatic carbocycles. The molecule has 0 fully saturated rings. The Morgan fingerprint density at radius 3 is 2.58 bits per heavy atom. The third-order valence-electron chi connectivity index (χ3n) is 2.84. The van der Waals surface area contributed by atoms with Crippen LogP contribution in [0.15, 0.2) is 40.9 Å². The normalized spacial score (nSPS) is 10.3. The van der Waals surface area contributed by atoms with Crippen LogP contribution in [0.2, 0.25) is 0 Å². The van der Waals surface area contributed by atoms with Crippen LogP contribution in [0, 0.1) is 10.5 Å². The number of carbonyl (C=O) groups excluding carboxylic acids is 1. The van der Waals surface area contributed by atoms with Gasteiger partial charge in [-0.15, -0.1) is 0 Å². The maximum absolute atomic E-state index is 12.5. The summed E-state index contributed by atoms with van der Waals surface area (Å²) in [5.41, 5.74) is 2.34. The summed E-state index contributed by atoms with van der Waals surface area (Å²) in [7, 11) is 1.57. The van der Waals surface area contributed by atoms with E-state index < -0.39 is 0 Å². The van der Waals surface area contributed by atoms with Crippen LogP contribution in [-0.4, -0.2) is 12.9 Å². The number of hydrogen-bond donors (Lipinski definition) is 0. The van der Waals surface area contributed by atoms with Gasteiger partial charge in [-0.3, -0.25) is 4.79 Å². The van der Waals surface area contributed by atoms with Crippen molar-refractivity contribution in [2.45, 2.75) is 6.92 Å². The summed E-state index contributed by atoms with van der Waals surface area (Å²) in [4.78, 5) is 12.5. The number of aryl methyl sites for hydroxylation is 1. The first-order valence-corrected chi connectivity index (χ1v) is 7.54. The third kappa shape index (κ3) is 3.17. The number of rotatable bonds is 3.